The maximum absolute atomic E-state index is 12.9. The fraction of sp³-hybridized carbons (Fsp3) is 0.476. The molecule has 9 nitrogen and oxygen atoms in total. The van der Waals surface area contributed by atoms with Crippen LogP contribution in [0.2, 0.25) is 0 Å². The van der Waals surface area contributed by atoms with Crippen LogP contribution in [0.1, 0.15) is 19.4 Å². The van der Waals surface area contributed by atoms with Gasteiger partial charge in [-0.25, -0.2) is 4.79 Å². The smallest absolute Gasteiger partial charge is 0.332 e. The van der Waals surface area contributed by atoms with E-state index >= 15 is 0 Å². The molecular weight excluding hydrogens is 386 g/mol. The van der Waals surface area contributed by atoms with E-state index in [0.29, 0.717) is 30.4 Å². The van der Waals surface area contributed by atoms with Crippen molar-refractivity contribution in [2.45, 2.75) is 33.4 Å². The number of aryl methyl sites for hydroxylation is 2. The zero-order valence-electron chi connectivity index (χ0n) is 18.1. The number of benzene rings is 1. The molecule has 0 saturated carbocycles. The summed E-state index contributed by atoms with van der Waals surface area (Å²) < 4.78 is 9.88. The Morgan fingerprint density at radius 3 is 2.43 bits per heavy atom. The van der Waals surface area contributed by atoms with Crippen molar-refractivity contribution in [1.82, 2.24) is 18.7 Å². The largest absolute Gasteiger partial charge is 0.491 e. The van der Waals surface area contributed by atoms with Crippen molar-refractivity contribution in [3.8, 4) is 5.75 Å². The van der Waals surface area contributed by atoms with Gasteiger partial charge in [-0.2, -0.15) is 4.98 Å². The van der Waals surface area contributed by atoms with Crippen molar-refractivity contribution in [1.29, 1.82) is 0 Å². The van der Waals surface area contributed by atoms with Gasteiger partial charge in [0.15, 0.2) is 11.2 Å². The molecule has 2 aromatic heterocycles. The van der Waals surface area contributed by atoms with Gasteiger partial charge in [-0.1, -0.05) is 18.2 Å². The third-order valence-electron chi connectivity index (χ3n) is 5.29. The molecule has 1 atom stereocenters. The number of rotatable bonds is 8. The number of fused-ring (bicyclic) bond motifs is 1. The quantitative estimate of drug-likeness (QED) is 0.591. The van der Waals surface area contributed by atoms with Gasteiger partial charge < -0.3 is 19.3 Å². The molecule has 0 unspecified atom stereocenters. The Hall–Kier alpha value is -3.07. The number of anilines is 1. The van der Waals surface area contributed by atoms with Gasteiger partial charge in [-0.3, -0.25) is 13.9 Å². The number of hydrogen-bond acceptors (Lipinski definition) is 6. The Balaban J connectivity index is 2.02. The van der Waals surface area contributed by atoms with Crippen LogP contribution in [0.25, 0.3) is 11.2 Å². The fourth-order valence-electron chi connectivity index (χ4n) is 3.52. The Bertz CT molecular complexity index is 1160. The molecule has 1 N–H and O–H groups in total. The molecule has 1 aromatic carbocycles. The van der Waals surface area contributed by atoms with Crippen LogP contribution in [0.3, 0.4) is 0 Å². The Morgan fingerprint density at radius 2 is 1.80 bits per heavy atom. The van der Waals surface area contributed by atoms with Gasteiger partial charge >= 0.3 is 5.69 Å². The van der Waals surface area contributed by atoms with Crippen LogP contribution < -0.4 is 20.9 Å². The van der Waals surface area contributed by atoms with E-state index in [9.17, 15) is 14.7 Å². The molecule has 162 valence electrons. The lowest BCUT2D eigenvalue weighted by molar-refractivity contribution is 0.0933. The number of nitrogens with zero attached hydrogens (tertiary/aromatic N) is 5. The maximum atomic E-state index is 12.9. The standard InChI is InChI=1S/C21H29N5O4/c1-6-25(7-2)20-22-18-17(19(28)24(5)21(29)23(18)4)26(20)12-15(27)13-30-16-11-9-8-10-14(16)3/h8-11,15,27H,6-7,12-13H2,1-5H3/t15-/m1/s1. The second kappa shape index (κ2) is 8.74. The van der Waals surface area contributed by atoms with Crippen molar-refractivity contribution in [3.05, 3.63) is 50.7 Å². The van der Waals surface area contributed by atoms with Crippen LogP contribution in [-0.2, 0) is 20.6 Å². The van der Waals surface area contributed by atoms with Gasteiger partial charge in [0.1, 0.15) is 18.5 Å². The molecule has 0 radical (unpaired) electrons. The fourth-order valence-corrected chi connectivity index (χ4v) is 3.52. The molecule has 9 heteroatoms. The first-order chi connectivity index (χ1) is 14.3. The van der Waals surface area contributed by atoms with Crippen LogP contribution in [0.5, 0.6) is 5.75 Å². The highest BCUT2D eigenvalue weighted by Gasteiger charge is 2.23. The number of imidazole rings is 1. The maximum Gasteiger partial charge on any atom is 0.332 e. The van der Waals surface area contributed by atoms with Gasteiger partial charge in [0.05, 0.1) is 6.54 Å². The second-order valence-electron chi connectivity index (χ2n) is 7.30. The van der Waals surface area contributed by atoms with Crippen molar-refractivity contribution >= 4 is 17.1 Å². The van der Waals surface area contributed by atoms with Gasteiger partial charge in [0.25, 0.3) is 5.56 Å². The SMILES string of the molecule is CCN(CC)c1nc2c(c(=O)n(C)c(=O)n2C)n1C[C@@H](O)COc1ccccc1C. The summed E-state index contributed by atoms with van der Waals surface area (Å²) in [4.78, 5) is 31.8. The highest BCUT2D eigenvalue weighted by Crippen LogP contribution is 2.21. The first kappa shape index (κ1) is 21.6. The third kappa shape index (κ3) is 3.85. The molecule has 0 aliphatic carbocycles. The minimum atomic E-state index is -0.877. The van der Waals surface area contributed by atoms with E-state index in [-0.39, 0.29) is 18.7 Å². The van der Waals surface area contributed by atoms with Crippen LogP contribution in [0.4, 0.5) is 5.95 Å². The Kier molecular flexibility index (Phi) is 6.31. The molecule has 0 aliphatic heterocycles. The van der Waals surface area contributed by atoms with Crippen molar-refractivity contribution in [2.75, 3.05) is 24.6 Å². The average Bonchev–Trinajstić information content (AvgIpc) is 3.10. The lowest BCUT2D eigenvalue weighted by atomic mass is 10.2. The molecule has 3 rings (SSSR count). The predicted molar refractivity (Wildman–Crippen MR) is 116 cm³/mol. The third-order valence-corrected chi connectivity index (χ3v) is 5.29. The highest BCUT2D eigenvalue weighted by molar-refractivity contribution is 5.74. The Morgan fingerprint density at radius 1 is 1.13 bits per heavy atom. The molecule has 0 spiro atoms. The predicted octanol–water partition coefficient (Wildman–Crippen LogP) is 1.03. The normalized spacial score (nSPS) is 12.3. The van der Waals surface area contributed by atoms with Gasteiger partial charge in [0.2, 0.25) is 5.95 Å². The topological polar surface area (TPSA) is 94.5 Å². The summed E-state index contributed by atoms with van der Waals surface area (Å²) in [5.74, 6) is 1.25. The van der Waals surface area contributed by atoms with E-state index < -0.39 is 17.4 Å². The molecule has 0 fully saturated rings. The van der Waals surface area contributed by atoms with E-state index in [0.717, 1.165) is 10.1 Å². The van der Waals surface area contributed by atoms with Crippen molar-refractivity contribution in [2.24, 2.45) is 14.1 Å². The zero-order valence-corrected chi connectivity index (χ0v) is 18.1. The summed E-state index contributed by atoms with van der Waals surface area (Å²) in [7, 11) is 3.03. The van der Waals surface area contributed by atoms with Crippen LogP contribution in [0, 0.1) is 6.92 Å². The van der Waals surface area contributed by atoms with Crippen LogP contribution in [-0.4, -0.2) is 49.6 Å². The zero-order chi connectivity index (χ0) is 22.0. The molecule has 0 saturated heterocycles. The number of ether oxygens (including phenoxy) is 1. The minimum absolute atomic E-state index is 0.0638. The van der Waals surface area contributed by atoms with Crippen molar-refractivity contribution in [3.63, 3.8) is 0 Å². The summed E-state index contributed by atoms with van der Waals surface area (Å²) in [6.45, 7) is 7.43. The molecule has 0 amide bonds. The number of aromatic nitrogens is 4. The van der Waals surface area contributed by atoms with E-state index in [1.807, 2.05) is 49.9 Å². The van der Waals surface area contributed by atoms with E-state index in [1.54, 1.807) is 11.6 Å². The summed E-state index contributed by atoms with van der Waals surface area (Å²) in [6.07, 6.45) is -0.877. The lowest BCUT2D eigenvalue weighted by Crippen LogP contribution is -2.38. The van der Waals surface area contributed by atoms with E-state index in [2.05, 4.69) is 4.98 Å². The van der Waals surface area contributed by atoms with Gasteiger partial charge in [-0.05, 0) is 32.4 Å². The molecule has 2 heterocycles. The summed E-state index contributed by atoms with van der Waals surface area (Å²) in [5, 5.41) is 10.7. The van der Waals surface area contributed by atoms with Crippen molar-refractivity contribution < 1.29 is 9.84 Å². The number of hydrogen-bond donors (Lipinski definition) is 1. The van der Waals surface area contributed by atoms with Crippen LogP contribution >= 0.6 is 0 Å². The first-order valence-electron chi connectivity index (χ1n) is 10.1. The van der Waals surface area contributed by atoms with Gasteiger partial charge in [0, 0.05) is 27.2 Å². The molecule has 0 aliphatic rings. The monoisotopic (exact) mass is 415 g/mol. The average molecular weight is 415 g/mol. The molecule has 0 bridgehead atoms. The number of aliphatic hydroxyl groups excluding tert-OH is 1. The second-order valence-corrected chi connectivity index (χ2v) is 7.30. The Labute approximate surface area is 174 Å². The molecular formula is C21H29N5O4. The lowest BCUT2D eigenvalue weighted by Gasteiger charge is -2.22. The first-order valence-corrected chi connectivity index (χ1v) is 10.1. The van der Waals surface area contributed by atoms with Gasteiger partial charge in [-0.15, -0.1) is 0 Å². The summed E-state index contributed by atoms with van der Waals surface area (Å²) in [5.41, 5.74) is 0.691. The molecule has 3 aromatic rings. The molecule has 30 heavy (non-hydrogen) atoms. The number of aliphatic hydroxyl groups is 1. The van der Waals surface area contributed by atoms with E-state index in [1.165, 1.54) is 11.6 Å². The minimum Gasteiger partial charge on any atom is -0.491 e. The van der Waals surface area contributed by atoms with E-state index in [4.69, 9.17) is 4.74 Å². The summed E-state index contributed by atoms with van der Waals surface area (Å²) >= 11 is 0. The summed E-state index contributed by atoms with van der Waals surface area (Å²) in [6, 6.07) is 7.59. The van der Waals surface area contributed by atoms with Crippen LogP contribution in [0.15, 0.2) is 33.9 Å². The highest BCUT2D eigenvalue weighted by atomic mass is 16.5. The number of para-hydroxylation sites is 1.